The molecule has 0 unspecified atom stereocenters. The minimum Gasteiger partial charge on any atom is -0.454 e. The lowest BCUT2D eigenvalue weighted by Gasteiger charge is -2.32. The molecule has 0 saturated heterocycles. The fourth-order valence-corrected chi connectivity index (χ4v) is 4.32. The van der Waals surface area contributed by atoms with Gasteiger partial charge in [-0.05, 0) is 49.4 Å². The summed E-state index contributed by atoms with van der Waals surface area (Å²) in [5.74, 6) is 1.29. The largest absolute Gasteiger partial charge is 0.454 e. The summed E-state index contributed by atoms with van der Waals surface area (Å²) < 4.78 is 16.0. The molecule has 1 aromatic heterocycles. The lowest BCUT2D eigenvalue weighted by Crippen LogP contribution is -2.48. The number of nitrogens with zero attached hydrogens (tertiary/aromatic N) is 2. The van der Waals surface area contributed by atoms with Crippen molar-refractivity contribution in [2.24, 2.45) is 5.41 Å². The van der Waals surface area contributed by atoms with Gasteiger partial charge in [-0.2, -0.15) is 0 Å². The molecule has 33 heavy (non-hydrogen) atoms. The highest BCUT2D eigenvalue weighted by molar-refractivity contribution is 7.09. The zero-order valence-electron chi connectivity index (χ0n) is 19.3. The molecule has 0 N–H and O–H groups in total. The molecule has 0 atom stereocenters. The summed E-state index contributed by atoms with van der Waals surface area (Å²) in [7, 11) is 1.62. The van der Waals surface area contributed by atoms with Gasteiger partial charge in [0.1, 0.15) is 0 Å². The van der Waals surface area contributed by atoms with Crippen LogP contribution in [0, 0.1) is 5.41 Å². The average Bonchev–Trinajstić information content (AvgIpc) is 3.49. The molecule has 1 aliphatic rings. The standard InChI is InChI=1S/C24H31ClN2O5S/c1-24(2,16-25)23(29)26(9-5-10-30-3)15-22(28)27(14-19-6-4-11-33-19)13-18-7-8-20-21(12-18)32-17-31-20/h4,6-8,11-12H,5,9-10,13-17H2,1-3H3. The minimum absolute atomic E-state index is 0.0151. The number of rotatable bonds is 12. The van der Waals surface area contributed by atoms with Gasteiger partial charge in [-0.1, -0.05) is 12.1 Å². The second-order valence-corrected chi connectivity index (χ2v) is 9.91. The second-order valence-electron chi connectivity index (χ2n) is 8.61. The molecule has 2 heterocycles. The van der Waals surface area contributed by atoms with E-state index in [2.05, 4.69) is 0 Å². The van der Waals surface area contributed by atoms with Crippen molar-refractivity contribution < 1.29 is 23.8 Å². The van der Waals surface area contributed by atoms with Crippen molar-refractivity contribution in [2.45, 2.75) is 33.4 Å². The third-order valence-electron chi connectivity index (χ3n) is 5.39. The van der Waals surface area contributed by atoms with E-state index in [1.165, 1.54) is 0 Å². The van der Waals surface area contributed by atoms with Gasteiger partial charge in [-0.25, -0.2) is 0 Å². The Bertz CT molecular complexity index is 935. The number of carbonyl (C=O) groups is 2. The molecule has 0 bridgehead atoms. The fourth-order valence-electron chi connectivity index (χ4n) is 3.48. The van der Waals surface area contributed by atoms with Crippen LogP contribution in [0.2, 0.25) is 0 Å². The highest BCUT2D eigenvalue weighted by Gasteiger charge is 2.33. The van der Waals surface area contributed by atoms with E-state index in [4.69, 9.17) is 25.8 Å². The molecule has 2 amide bonds. The minimum atomic E-state index is -0.759. The zero-order valence-corrected chi connectivity index (χ0v) is 20.9. The first-order valence-electron chi connectivity index (χ1n) is 10.9. The average molecular weight is 495 g/mol. The molecule has 0 radical (unpaired) electrons. The molecule has 0 aliphatic carbocycles. The topological polar surface area (TPSA) is 68.3 Å². The van der Waals surface area contributed by atoms with Gasteiger partial charge in [0.2, 0.25) is 18.6 Å². The number of benzene rings is 1. The number of halogens is 1. The van der Waals surface area contributed by atoms with Crippen LogP contribution in [0.25, 0.3) is 0 Å². The number of hydrogen-bond acceptors (Lipinski definition) is 6. The first-order valence-corrected chi connectivity index (χ1v) is 12.3. The summed E-state index contributed by atoms with van der Waals surface area (Å²) in [6, 6.07) is 9.65. The van der Waals surface area contributed by atoms with Crippen LogP contribution in [-0.4, -0.2) is 61.1 Å². The number of thiophene rings is 1. The molecule has 0 fully saturated rings. The highest BCUT2D eigenvalue weighted by Crippen LogP contribution is 2.33. The van der Waals surface area contributed by atoms with Crippen molar-refractivity contribution in [1.29, 1.82) is 0 Å². The molecule has 1 aromatic carbocycles. The molecule has 9 heteroatoms. The smallest absolute Gasteiger partial charge is 0.242 e. The number of fused-ring (bicyclic) bond motifs is 1. The molecule has 2 aromatic rings. The van der Waals surface area contributed by atoms with Gasteiger partial charge in [0, 0.05) is 37.6 Å². The van der Waals surface area contributed by atoms with Gasteiger partial charge < -0.3 is 24.0 Å². The van der Waals surface area contributed by atoms with E-state index >= 15 is 0 Å². The van der Waals surface area contributed by atoms with Crippen molar-refractivity contribution in [2.75, 3.05) is 39.5 Å². The Kier molecular flexibility index (Phi) is 9.00. The van der Waals surface area contributed by atoms with Crippen molar-refractivity contribution in [1.82, 2.24) is 9.80 Å². The van der Waals surface area contributed by atoms with Crippen molar-refractivity contribution in [3.63, 3.8) is 0 Å². The molecule has 0 spiro atoms. The summed E-state index contributed by atoms with van der Waals surface area (Å²) in [5.41, 5.74) is 0.174. The molecular formula is C24H31ClN2O5S. The van der Waals surface area contributed by atoms with Crippen LogP contribution >= 0.6 is 22.9 Å². The third kappa shape index (κ3) is 6.85. The molecule has 7 nitrogen and oxygen atoms in total. The SMILES string of the molecule is COCCCN(CC(=O)N(Cc1ccc2c(c1)OCO2)Cc1cccs1)C(=O)C(C)(C)CCl. The Morgan fingerprint density at radius 3 is 2.64 bits per heavy atom. The number of alkyl halides is 1. The number of ether oxygens (including phenoxy) is 3. The lowest BCUT2D eigenvalue weighted by atomic mass is 9.94. The predicted octanol–water partition coefficient (Wildman–Crippen LogP) is 4.14. The van der Waals surface area contributed by atoms with E-state index in [0.717, 1.165) is 10.4 Å². The number of hydrogen-bond donors (Lipinski definition) is 0. The van der Waals surface area contributed by atoms with Crippen LogP contribution in [0.1, 0.15) is 30.7 Å². The summed E-state index contributed by atoms with van der Waals surface area (Å²) >= 11 is 7.65. The number of amides is 2. The number of carbonyl (C=O) groups excluding carboxylic acids is 2. The van der Waals surface area contributed by atoms with Crippen LogP contribution in [-0.2, 0) is 27.4 Å². The maximum atomic E-state index is 13.5. The Labute approximate surface area is 204 Å². The van der Waals surface area contributed by atoms with Gasteiger partial charge in [-0.3, -0.25) is 9.59 Å². The van der Waals surface area contributed by atoms with Gasteiger partial charge in [0.15, 0.2) is 11.5 Å². The van der Waals surface area contributed by atoms with Crippen molar-refractivity contribution in [3.05, 3.63) is 46.2 Å². The van der Waals surface area contributed by atoms with E-state index < -0.39 is 5.41 Å². The Hall–Kier alpha value is -2.29. The summed E-state index contributed by atoms with van der Waals surface area (Å²) in [6.07, 6.45) is 0.640. The van der Waals surface area contributed by atoms with Crippen molar-refractivity contribution >= 4 is 34.8 Å². The summed E-state index contributed by atoms with van der Waals surface area (Å²) in [5, 5.41) is 1.99. The second kappa shape index (κ2) is 11.7. The molecule has 3 rings (SSSR count). The Balaban J connectivity index is 1.78. The van der Waals surface area contributed by atoms with Gasteiger partial charge in [0.05, 0.1) is 18.5 Å². The van der Waals surface area contributed by atoms with E-state index in [-0.39, 0.29) is 31.0 Å². The van der Waals surface area contributed by atoms with Crippen LogP contribution in [0.4, 0.5) is 0 Å². The normalized spacial score (nSPS) is 12.6. The quantitative estimate of drug-likeness (QED) is 0.328. The highest BCUT2D eigenvalue weighted by atomic mass is 35.5. The van der Waals surface area contributed by atoms with Gasteiger partial charge in [-0.15, -0.1) is 22.9 Å². The summed E-state index contributed by atoms with van der Waals surface area (Å²) in [6.45, 7) is 5.57. The van der Waals surface area contributed by atoms with E-state index in [9.17, 15) is 9.59 Å². The first-order chi connectivity index (χ1) is 15.8. The van der Waals surface area contributed by atoms with Crippen LogP contribution in [0.3, 0.4) is 0 Å². The monoisotopic (exact) mass is 494 g/mol. The third-order valence-corrected chi connectivity index (χ3v) is 6.92. The molecule has 1 aliphatic heterocycles. The predicted molar refractivity (Wildman–Crippen MR) is 129 cm³/mol. The van der Waals surface area contributed by atoms with Crippen molar-refractivity contribution in [3.8, 4) is 11.5 Å². The summed E-state index contributed by atoms with van der Waals surface area (Å²) in [4.78, 5) is 31.1. The van der Waals surface area contributed by atoms with Gasteiger partial charge >= 0.3 is 0 Å². The first kappa shape index (κ1) is 25.3. The van der Waals surface area contributed by atoms with E-state index in [1.807, 2.05) is 35.7 Å². The Morgan fingerprint density at radius 2 is 1.94 bits per heavy atom. The van der Waals surface area contributed by atoms with E-state index in [0.29, 0.717) is 44.2 Å². The fraction of sp³-hybridized carbons (Fsp3) is 0.500. The van der Waals surface area contributed by atoms with Crippen LogP contribution in [0.5, 0.6) is 11.5 Å². The molecule has 0 saturated carbocycles. The van der Waals surface area contributed by atoms with E-state index in [1.54, 1.807) is 42.1 Å². The number of methoxy groups -OCH3 is 1. The maximum absolute atomic E-state index is 13.5. The van der Waals surface area contributed by atoms with Gasteiger partial charge in [0.25, 0.3) is 0 Å². The zero-order chi connectivity index (χ0) is 23.8. The maximum Gasteiger partial charge on any atom is 0.242 e. The molecular weight excluding hydrogens is 464 g/mol. The lowest BCUT2D eigenvalue weighted by molar-refractivity contribution is -0.146. The van der Waals surface area contributed by atoms with Crippen LogP contribution in [0.15, 0.2) is 35.7 Å². The Morgan fingerprint density at radius 1 is 1.15 bits per heavy atom. The van der Waals surface area contributed by atoms with Crippen LogP contribution < -0.4 is 9.47 Å². The molecule has 180 valence electrons.